The highest BCUT2D eigenvalue weighted by Gasteiger charge is 2.14. The second-order valence-electron chi connectivity index (χ2n) is 4.81. The maximum Gasteiger partial charge on any atom is 0.189 e. The van der Waals surface area contributed by atoms with E-state index in [0.717, 1.165) is 37.1 Å². The summed E-state index contributed by atoms with van der Waals surface area (Å²) in [5.41, 5.74) is 1.66. The summed E-state index contributed by atoms with van der Waals surface area (Å²) >= 11 is 0. The number of nitrogens with one attached hydrogen (secondary N) is 1. The Hall–Kier alpha value is -1.65. The highest BCUT2D eigenvalue weighted by Crippen LogP contribution is 2.15. The monoisotopic (exact) mass is 259 g/mol. The molecule has 1 atom stereocenters. The molecule has 0 spiro atoms. The number of pyridine rings is 1. The van der Waals surface area contributed by atoms with Crippen LogP contribution in [0.1, 0.15) is 25.0 Å². The third-order valence-corrected chi connectivity index (χ3v) is 3.36. The van der Waals surface area contributed by atoms with Crippen molar-refractivity contribution in [2.75, 3.05) is 6.61 Å². The van der Waals surface area contributed by atoms with Crippen molar-refractivity contribution in [3.63, 3.8) is 0 Å². The Kier molecular flexibility index (Phi) is 3.62. The maximum absolute atomic E-state index is 11.9. The van der Waals surface area contributed by atoms with Crippen LogP contribution in [0.2, 0.25) is 0 Å². The highest BCUT2D eigenvalue weighted by atomic mass is 16.7. The van der Waals surface area contributed by atoms with Crippen LogP contribution in [0.5, 0.6) is 0 Å². The maximum atomic E-state index is 11.9. The number of para-hydroxylation sites is 1. The largest absolute Gasteiger partial charge is 0.356 e. The van der Waals surface area contributed by atoms with E-state index >= 15 is 0 Å². The molecule has 1 aliphatic rings. The van der Waals surface area contributed by atoms with E-state index in [9.17, 15) is 4.79 Å². The van der Waals surface area contributed by atoms with Crippen molar-refractivity contribution in [1.82, 2.24) is 4.98 Å². The first-order valence-electron chi connectivity index (χ1n) is 6.67. The van der Waals surface area contributed by atoms with Gasteiger partial charge in [-0.3, -0.25) is 4.79 Å². The molecule has 1 N–H and O–H groups in total. The molecular weight excluding hydrogens is 242 g/mol. The molecule has 1 aromatic carbocycles. The van der Waals surface area contributed by atoms with Crippen LogP contribution in [0.3, 0.4) is 0 Å². The van der Waals surface area contributed by atoms with Crippen LogP contribution in [-0.2, 0) is 16.1 Å². The fraction of sp³-hybridized carbons (Fsp3) is 0.400. The summed E-state index contributed by atoms with van der Waals surface area (Å²) in [6, 6.07) is 9.10. The second kappa shape index (κ2) is 5.55. The Labute approximate surface area is 111 Å². The fourth-order valence-electron chi connectivity index (χ4n) is 2.36. The number of hydrogen-bond donors (Lipinski definition) is 1. The van der Waals surface area contributed by atoms with Gasteiger partial charge in [-0.25, -0.2) is 0 Å². The molecule has 4 heteroatoms. The van der Waals surface area contributed by atoms with Crippen molar-refractivity contribution >= 4 is 10.9 Å². The molecule has 1 aromatic heterocycles. The molecule has 0 aliphatic carbocycles. The minimum absolute atomic E-state index is 0.0255. The highest BCUT2D eigenvalue weighted by molar-refractivity contribution is 5.78. The number of benzene rings is 1. The van der Waals surface area contributed by atoms with Gasteiger partial charge in [0.2, 0.25) is 0 Å². The third-order valence-electron chi connectivity index (χ3n) is 3.36. The molecular formula is C15H17NO3. The number of ether oxygens (including phenoxy) is 2. The van der Waals surface area contributed by atoms with Crippen LogP contribution < -0.4 is 5.43 Å². The first kappa shape index (κ1) is 12.4. The molecule has 0 amide bonds. The number of fused-ring (bicyclic) bond motifs is 1. The molecule has 0 radical (unpaired) electrons. The van der Waals surface area contributed by atoms with E-state index in [-0.39, 0.29) is 11.7 Å². The lowest BCUT2D eigenvalue weighted by atomic mass is 10.2. The summed E-state index contributed by atoms with van der Waals surface area (Å²) in [6.45, 7) is 1.14. The van der Waals surface area contributed by atoms with Crippen molar-refractivity contribution < 1.29 is 9.47 Å². The zero-order valence-electron chi connectivity index (χ0n) is 10.7. The van der Waals surface area contributed by atoms with Crippen LogP contribution in [0, 0.1) is 0 Å². The van der Waals surface area contributed by atoms with Gasteiger partial charge in [0.05, 0.1) is 6.61 Å². The first-order chi connectivity index (χ1) is 9.33. The smallest absolute Gasteiger partial charge is 0.189 e. The van der Waals surface area contributed by atoms with Crippen LogP contribution in [0.25, 0.3) is 10.9 Å². The molecule has 100 valence electrons. The molecule has 1 fully saturated rings. The zero-order chi connectivity index (χ0) is 13.1. The average Bonchev–Trinajstić information content (AvgIpc) is 2.46. The zero-order valence-corrected chi connectivity index (χ0v) is 10.7. The van der Waals surface area contributed by atoms with E-state index < -0.39 is 0 Å². The van der Waals surface area contributed by atoms with Gasteiger partial charge in [0, 0.05) is 29.3 Å². The molecule has 1 aliphatic heterocycles. The van der Waals surface area contributed by atoms with Crippen molar-refractivity contribution in [3.8, 4) is 0 Å². The fourth-order valence-corrected chi connectivity index (χ4v) is 2.36. The Morgan fingerprint density at radius 2 is 2.21 bits per heavy atom. The van der Waals surface area contributed by atoms with Crippen molar-refractivity contribution in [2.24, 2.45) is 0 Å². The van der Waals surface area contributed by atoms with Gasteiger partial charge in [-0.2, -0.15) is 0 Å². The number of aromatic amines is 1. The van der Waals surface area contributed by atoms with Crippen LogP contribution in [0.15, 0.2) is 35.1 Å². The minimum Gasteiger partial charge on any atom is -0.356 e. The molecule has 0 bridgehead atoms. The summed E-state index contributed by atoms with van der Waals surface area (Å²) < 4.78 is 11.2. The molecule has 1 saturated heterocycles. The minimum atomic E-state index is -0.135. The van der Waals surface area contributed by atoms with Crippen molar-refractivity contribution in [1.29, 1.82) is 0 Å². The normalized spacial score (nSPS) is 19.7. The third kappa shape index (κ3) is 2.85. The van der Waals surface area contributed by atoms with Crippen molar-refractivity contribution in [2.45, 2.75) is 32.2 Å². The topological polar surface area (TPSA) is 51.3 Å². The van der Waals surface area contributed by atoms with Gasteiger partial charge in [0.15, 0.2) is 11.7 Å². The lowest BCUT2D eigenvalue weighted by Crippen LogP contribution is -2.22. The van der Waals surface area contributed by atoms with E-state index in [1.54, 1.807) is 6.07 Å². The predicted molar refractivity (Wildman–Crippen MR) is 72.9 cm³/mol. The van der Waals surface area contributed by atoms with Gasteiger partial charge >= 0.3 is 0 Å². The summed E-state index contributed by atoms with van der Waals surface area (Å²) in [4.78, 5) is 15.2. The molecule has 3 rings (SSSR count). The van der Waals surface area contributed by atoms with Gasteiger partial charge in [0.25, 0.3) is 0 Å². The summed E-state index contributed by atoms with van der Waals surface area (Å²) in [6.07, 6.45) is 3.03. The van der Waals surface area contributed by atoms with Gasteiger partial charge in [-0.05, 0) is 31.4 Å². The quantitative estimate of drug-likeness (QED) is 0.921. The Balaban J connectivity index is 1.75. The predicted octanol–water partition coefficient (Wildman–Crippen LogP) is 2.57. The second-order valence-corrected chi connectivity index (χ2v) is 4.81. The molecule has 1 unspecified atom stereocenters. The van der Waals surface area contributed by atoms with E-state index in [1.165, 1.54) is 0 Å². The summed E-state index contributed by atoms with van der Waals surface area (Å²) in [5.74, 6) is 0. The van der Waals surface area contributed by atoms with Crippen molar-refractivity contribution in [3.05, 3.63) is 46.2 Å². The molecule has 2 aromatic rings. The summed E-state index contributed by atoms with van der Waals surface area (Å²) in [5, 5.41) is 0.708. The molecule has 4 nitrogen and oxygen atoms in total. The Bertz CT molecular complexity index is 614. The van der Waals surface area contributed by atoms with E-state index in [4.69, 9.17) is 9.47 Å². The molecule has 0 saturated carbocycles. The standard InChI is InChI=1S/C15H17NO3/c17-14-9-11(10-19-15-7-3-4-8-18-15)16-13-6-2-1-5-12(13)14/h1-2,5-6,9,15H,3-4,7-8,10H2,(H,16,17). The number of aromatic nitrogens is 1. The van der Waals surface area contributed by atoms with Gasteiger partial charge in [0.1, 0.15) is 0 Å². The van der Waals surface area contributed by atoms with Crippen LogP contribution in [0.4, 0.5) is 0 Å². The van der Waals surface area contributed by atoms with Gasteiger partial charge in [-0.15, -0.1) is 0 Å². The number of hydrogen-bond acceptors (Lipinski definition) is 3. The van der Waals surface area contributed by atoms with Gasteiger partial charge < -0.3 is 14.5 Å². The SMILES string of the molecule is O=c1cc(COC2CCCCO2)[nH]c2ccccc12. The Morgan fingerprint density at radius 3 is 3.05 bits per heavy atom. The van der Waals surface area contributed by atoms with Crippen LogP contribution >= 0.6 is 0 Å². The molecule has 19 heavy (non-hydrogen) atoms. The lowest BCUT2D eigenvalue weighted by molar-refractivity contribution is -0.169. The van der Waals surface area contributed by atoms with E-state index in [0.29, 0.717) is 12.0 Å². The average molecular weight is 259 g/mol. The molecule has 2 heterocycles. The van der Waals surface area contributed by atoms with E-state index in [2.05, 4.69) is 4.98 Å². The number of H-pyrrole nitrogens is 1. The lowest BCUT2D eigenvalue weighted by Gasteiger charge is -2.22. The number of rotatable bonds is 3. The van der Waals surface area contributed by atoms with Crippen LogP contribution in [-0.4, -0.2) is 17.9 Å². The van der Waals surface area contributed by atoms with Gasteiger partial charge in [-0.1, -0.05) is 12.1 Å². The summed E-state index contributed by atoms with van der Waals surface area (Å²) in [7, 11) is 0. The first-order valence-corrected chi connectivity index (χ1v) is 6.67. The van der Waals surface area contributed by atoms with E-state index in [1.807, 2.05) is 24.3 Å². The Morgan fingerprint density at radius 1 is 1.32 bits per heavy atom.